The van der Waals surface area contributed by atoms with Gasteiger partial charge in [-0.15, -0.1) is 0 Å². The third-order valence-electron chi connectivity index (χ3n) is 11.9. The Morgan fingerprint density at radius 1 is 0.433 bits per heavy atom. The molecule has 7 nitrogen and oxygen atoms in total. The molecule has 0 N–H and O–H groups in total. The lowest BCUT2D eigenvalue weighted by molar-refractivity contribution is 0.887. The van der Waals surface area contributed by atoms with Crippen molar-refractivity contribution in [1.29, 1.82) is 0 Å². The third kappa shape index (κ3) is 4.87. The van der Waals surface area contributed by atoms with E-state index in [0.29, 0.717) is 11.9 Å². The quantitative estimate of drug-likeness (QED) is 0.168. The molecular formula is C52H34ClN7. The third-order valence-corrected chi connectivity index (χ3v) is 12.0. The van der Waals surface area contributed by atoms with Crippen molar-refractivity contribution >= 4 is 100 Å². The first kappa shape index (κ1) is 34.3. The SMILES string of the molecule is C=Cc1c(/C=C\C)c2ccccc2n1-c1ccc2c(c1)c1ccccc1n2-c1nc(Cl)nc(-n2c3ccccc3c3cc(-n4c5ccccc5c5ccccc54)ccc32)n1. The van der Waals surface area contributed by atoms with Crippen molar-refractivity contribution < 1.29 is 0 Å². The van der Waals surface area contributed by atoms with E-state index in [1.165, 1.54) is 16.2 Å². The topological polar surface area (TPSA) is 58.4 Å². The summed E-state index contributed by atoms with van der Waals surface area (Å²) in [5.41, 5.74) is 11.6. The molecule has 0 aliphatic heterocycles. The van der Waals surface area contributed by atoms with Crippen molar-refractivity contribution in [2.45, 2.75) is 6.92 Å². The van der Waals surface area contributed by atoms with Gasteiger partial charge in [0.15, 0.2) is 0 Å². The van der Waals surface area contributed by atoms with E-state index in [4.69, 9.17) is 26.6 Å². The summed E-state index contributed by atoms with van der Waals surface area (Å²) in [5, 5.41) is 8.05. The van der Waals surface area contributed by atoms with Crippen LogP contribution in [0.4, 0.5) is 0 Å². The molecule has 12 aromatic rings. The fraction of sp³-hybridized carbons (Fsp3) is 0.0192. The van der Waals surface area contributed by atoms with Gasteiger partial charge in [-0.1, -0.05) is 110 Å². The van der Waals surface area contributed by atoms with Gasteiger partial charge in [-0.2, -0.15) is 15.0 Å². The van der Waals surface area contributed by atoms with Crippen molar-refractivity contribution in [3.05, 3.63) is 187 Å². The van der Waals surface area contributed by atoms with Crippen LogP contribution >= 0.6 is 11.6 Å². The number of aromatic nitrogens is 7. The second-order valence-electron chi connectivity index (χ2n) is 15.0. The van der Waals surface area contributed by atoms with E-state index in [-0.39, 0.29) is 5.28 Å². The first-order valence-corrected chi connectivity index (χ1v) is 20.4. The van der Waals surface area contributed by atoms with Gasteiger partial charge >= 0.3 is 0 Å². The van der Waals surface area contributed by atoms with Crippen LogP contribution in [0.3, 0.4) is 0 Å². The smallest absolute Gasteiger partial charge is 0.240 e. The standard InChI is InChI=1S/C52H34ClN7/c1-3-15-34-35-16-5-10-21-43(35)57(42(34)4-2)32-26-28-48-40(30-32)38-19-8-13-24-46(38)59(48)51-54-50(53)55-52(56-51)60-47-25-14-9-20-39(47)41-31-33(27-29-49(41)60)58-44-22-11-6-17-36(44)37-18-7-12-23-45(37)58/h3-31H,2H2,1H3/b15-3-. The Labute approximate surface area is 349 Å². The van der Waals surface area contributed by atoms with E-state index in [2.05, 4.69) is 183 Å². The molecule has 0 bridgehead atoms. The fourth-order valence-corrected chi connectivity index (χ4v) is 9.62. The van der Waals surface area contributed by atoms with Gasteiger partial charge in [-0.3, -0.25) is 9.13 Å². The highest BCUT2D eigenvalue weighted by Gasteiger charge is 2.22. The minimum atomic E-state index is 0.108. The van der Waals surface area contributed by atoms with E-state index in [1.54, 1.807) is 0 Å². The van der Waals surface area contributed by atoms with Crippen LogP contribution in [0.5, 0.6) is 0 Å². The zero-order chi connectivity index (χ0) is 40.1. The highest BCUT2D eigenvalue weighted by atomic mass is 35.5. The first-order chi connectivity index (χ1) is 29.6. The molecule has 0 saturated heterocycles. The molecule has 5 aromatic heterocycles. The van der Waals surface area contributed by atoms with Gasteiger partial charge in [0.1, 0.15) is 0 Å². The molecule has 0 aliphatic carbocycles. The minimum absolute atomic E-state index is 0.108. The molecule has 0 unspecified atom stereocenters. The lowest BCUT2D eigenvalue weighted by Crippen LogP contribution is -2.09. The molecule has 0 aliphatic rings. The van der Waals surface area contributed by atoms with Crippen LogP contribution in [0.2, 0.25) is 5.28 Å². The Balaban J connectivity index is 1.06. The maximum absolute atomic E-state index is 6.90. The van der Waals surface area contributed by atoms with Crippen LogP contribution in [0, 0.1) is 0 Å². The van der Waals surface area contributed by atoms with Crippen LogP contribution in [0.1, 0.15) is 18.2 Å². The molecule has 60 heavy (non-hydrogen) atoms. The maximum atomic E-state index is 6.90. The van der Waals surface area contributed by atoms with E-state index >= 15 is 0 Å². The Kier molecular flexibility index (Phi) is 7.52. The Morgan fingerprint density at radius 3 is 1.28 bits per heavy atom. The number of benzene rings is 7. The van der Waals surface area contributed by atoms with Gasteiger partial charge in [-0.05, 0) is 91.3 Å². The molecular weight excluding hydrogens is 758 g/mol. The average Bonchev–Trinajstić information content (AvgIpc) is 4.01. The summed E-state index contributed by atoms with van der Waals surface area (Å²) in [6.45, 7) is 6.27. The Morgan fingerprint density at radius 2 is 0.817 bits per heavy atom. The highest BCUT2D eigenvalue weighted by Crippen LogP contribution is 2.39. The summed E-state index contributed by atoms with van der Waals surface area (Å²) in [6.07, 6.45) is 6.18. The molecule has 0 atom stereocenters. The maximum Gasteiger partial charge on any atom is 0.240 e. The zero-order valence-electron chi connectivity index (χ0n) is 32.5. The van der Waals surface area contributed by atoms with Gasteiger partial charge in [0.05, 0.1) is 44.3 Å². The molecule has 0 fully saturated rings. The van der Waals surface area contributed by atoms with Crippen molar-refractivity contribution in [1.82, 2.24) is 33.2 Å². The van der Waals surface area contributed by atoms with Crippen molar-refractivity contribution in [2.24, 2.45) is 0 Å². The molecule has 12 rings (SSSR count). The van der Waals surface area contributed by atoms with E-state index in [0.717, 1.165) is 82.8 Å². The van der Waals surface area contributed by atoms with Gasteiger partial charge in [0.25, 0.3) is 0 Å². The van der Waals surface area contributed by atoms with Gasteiger partial charge in [0, 0.05) is 54.6 Å². The summed E-state index contributed by atoms with van der Waals surface area (Å²) in [7, 11) is 0. The summed E-state index contributed by atoms with van der Waals surface area (Å²) in [4.78, 5) is 14.8. The molecule has 284 valence electrons. The number of nitrogens with zero attached hydrogens (tertiary/aromatic N) is 7. The van der Waals surface area contributed by atoms with Crippen molar-refractivity contribution in [3.8, 4) is 23.3 Å². The lowest BCUT2D eigenvalue weighted by atomic mass is 10.1. The molecule has 0 amide bonds. The van der Waals surface area contributed by atoms with Crippen molar-refractivity contribution in [3.63, 3.8) is 0 Å². The summed E-state index contributed by atoms with van der Waals surface area (Å²) >= 11 is 6.90. The van der Waals surface area contributed by atoms with E-state index in [1.807, 2.05) is 25.1 Å². The van der Waals surface area contributed by atoms with Crippen molar-refractivity contribution in [2.75, 3.05) is 0 Å². The van der Waals surface area contributed by atoms with Crippen LogP contribution in [0.15, 0.2) is 170 Å². The molecule has 5 heterocycles. The van der Waals surface area contributed by atoms with Crippen LogP contribution < -0.4 is 0 Å². The number of fused-ring (bicyclic) bond motifs is 10. The number of hydrogen-bond donors (Lipinski definition) is 0. The monoisotopic (exact) mass is 791 g/mol. The van der Waals surface area contributed by atoms with Gasteiger partial charge in [-0.25, -0.2) is 0 Å². The van der Waals surface area contributed by atoms with E-state index in [9.17, 15) is 0 Å². The fourth-order valence-electron chi connectivity index (χ4n) is 9.47. The Hall–Kier alpha value is -7.74. The summed E-state index contributed by atoms with van der Waals surface area (Å²) in [5.74, 6) is 0.875. The predicted octanol–water partition coefficient (Wildman–Crippen LogP) is 13.4. The molecule has 0 spiro atoms. The zero-order valence-corrected chi connectivity index (χ0v) is 33.2. The number of rotatable bonds is 6. The largest absolute Gasteiger partial charge is 0.309 e. The Bertz CT molecular complexity index is 3730. The van der Waals surface area contributed by atoms with Crippen LogP contribution in [-0.4, -0.2) is 33.2 Å². The number of allylic oxidation sites excluding steroid dienone is 1. The molecule has 0 radical (unpaired) electrons. The molecule has 8 heteroatoms. The number of para-hydroxylation sites is 5. The normalized spacial score (nSPS) is 12.2. The minimum Gasteiger partial charge on any atom is -0.309 e. The molecule has 7 aromatic carbocycles. The highest BCUT2D eigenvalue weighted by molar-refractivity contribution is 6.28. The van der Waals surface area contributed by atoms with Gasteiger partial charge in [0.2, 0.25) is 17.2 Å². The summed E-state index contributed by atoms with van der Waals surface area (Å²) < 4.78 is 8.82. The first-order valence-electron chi connectivity index (χ1n) is 20.0. The second-order valence-corrected chi connectivity index (χ2v) is 15.4. The van der Waals surface area contributed by atoms with Crippen LogP contribution in [0.25, 0.3) is 112 Å². The number of hydrogen-bond acceptors (Lipinski definition) is 3. The summed E-state index contributed by atoms with van der Waals surface area (Å²) in [6, 6.07) is 55.6. The predicted molar refractivity (Wildman–Crippen MR) is 249 cm³/mol. The van der Waals surface area contributed by atoms with E-state index < -0.39 is 0 Å². The molecule has 0 saturated carbocycles. The second kappa shape index (κ2) is 13.1. The van der Waals surface area contributed by atoms with Crippen LogP contribution in [-0.2, 0) is 0 Å². The number of halogens is 1. The van der Waals surface area contributed by atoms with Gasteiger partial charge < -0.3 is 9.13 Å². The average molecular weight is 792 g/mol. The lowest BCUT2D eigenvalue weighted by Gasteiger charge is -2.12.